The number of nitrogens with one attached hydrogen (secondary N) is 1. The van der Waals surface area contributed by atoms with Crippen molar-refractivity contribution in [1.82, 2.24) is 5.32 Å². The van der Waals surface area contributed by atoms with E-state index in [1.54, 1.807) is 7.11 Å². The second-order valence-corrected chi connectivity index (χ2v) is 4.23. The molecule has 1 aliphatic rings. The predicted molar refractivity (Wildman–Crippen MR) is 63.7 cm³/mol. The Morgan fingerprint density at radius 2 is 2.00 bits per heavy atom. The van der Waals surface area contributed by atoms with Gasteiger partial charge in [0.15, 0.2) is 0 Å². The van der Waals surface area contributed by atoms with E-state index in [2.05, 4.69) is 5.32 Å². The Morgan fingerprint density at radius 3 is 2.75 bits per heavy atom. The summed E-state index contributed by atoms with van der Waals surface area (Å²) in [5.74, 6) is 0.710. The molecule has 4 nitrogen and oxygen atoms in total. The van der Waals surface area contributed by atoms with Gasteiger partial charge >= 0.3 is 0 Å². The Morgan fingerprint density at radius 1 is 1.19 bits per heavy atom. The summed E-state index contributed by atoms with van der Waals surface area (Å²) < 4.78 is 15.9. The molecular weight excluding hydrogens is 206 g/mol. The van der Waals surface area contributed by atoms with Crippen molar-refractivity contribution in [1.29, 1.82) is 0 Å². The fraction of sp³-hybridized carbons (Fsp3) is 1.00. The van der Waals surface area contributed by atoms with E-state index >= 15 is 0 Å². The summed E-state index contributed by atoms with van der Waals surface area (Å²) >= 11 is 0. The second kappa shape index (κ2) is 10.0. The number of ether oxygens (including phenoxy) is 3. The summed E-state index contributed by atoms with van der Waals surface area (Å²) in [6.07, 6.45) is 3.37. The molecular formula is C12H25NO3. The third-order valence-corrected chi connectivity index (χ3v) is 2.82. The Balaban J connectivity index is 1.77. The van der Waals surface area contributed by atoms with Gasteiger partial charge in [0.1, 0.15) is 0 Å². The van der Waals surface area contributed by atoms with Gasteiger partial charge in [-0.3, -0.25) is 0 Å². The first-order valence-electron chi connectivity index (χ1n) is 6.28. The van der Waals surface area contributed by atoms with Crippen LogP contribution in [0.2, 0.25) is 0 Å². The molecule has 1 aliphatic heterocycles. The van der Waals surface area contributed by atoms with Crippen LogP contribution in [0.3, 0.4) is 0 Å². The molecule has 0 unspecified atom stereocenters. The Hall–Kier alpha value is -0.160. The minimum Gasteiger partial charge on any atom is -0.385 e. The van der Waals surface area contributed by atoms with Crippen LogP contribution < -0.4 is 5.32 Å². The Kier molecular flexibility index (Phi) is 8.71. The second-order valence-electron chi connectivity index (χ2n) is 4.23. The van der Waals surface area contributed by atoms with E-state index in [1.165, 1.54) is 0 Å². The molecule has 1 N–H and O–H groups in total. The molecule has 0 radical (unpaired) electrons. The fourth-order valence-electron chi connectivity index (χ4n) is 1.77. The van der Waals surface area contributed by atoms with Crippen molar-refractivity contribution >= 4 is 0 Å². The molecule has 0 bridgehead atoms. The monoisotopic (exact) mass is 231 g/mol. The molecule has 0 spiro atoms. The van der Waals surface area contributed by atoms with Crippen LogP contribution in [0.1, 0.15) is 19.3 Å². The average Bonchev–Trinajstić information content (AvgIpc) is 2.34. The lowest BCUT2D eigenvalue weighted by molar-refractivity contribution is 0.0214. The topological polar surface area (TPSA) is 39.7 Å². The molecule has 0 aromatic heterocycles. The normalized spacial score (nSPS) is 17.8. The van der Waals surface area contributed by atoms with Crippen molar-refractivity contribution in [2.75, 3.05) is 53.2 Å². The van der Waals surface area contributed by atoms with Crippen LogP contribution in [-0.4, -0.2) is 53.2 Å². The Labute approximate surface area is 98.6 Å². The van der Waals surface area contributed by atoms with Crippen LogP contribution in [0.25, 0.3) is 0 Å². The number of hydrogen-bond acceptors (Lipinski definition) is 4. The summed E-state index contributed by atoms with van der Waals surface area (Å²) in [4.78, 5) is 0. The van der Waals surface area contributed by atoms with Crippen molar-refractivity contribution in [3.63, 3.8) is 0 Å². The summed E-state index contributed by atoms with van der Waals surface area (Å²) in [6.45, 7) is 6.29. The third-order valence-electron chi connectivity index (χ3n) is 2.82. The van der Waals surface area contributed by atoms with Crippen LogP contribution in [0.4, 0.5) is 0 Å². The first-order valence-corrected chi connectivity index (χ1v) is 6.28. The van der Waals surface area contributed by atoms with Crippen molar-refractivity contribution in [3.8, 4) is 0 Å². The van der Waals surface area contributed by atoms with E-state index < -0.39 is 0 Å². The van der Waals surface area contributed by atoms with Crippen molar-refractivity contribution in [2.45, 2.75) is 19.3 Å². The summed E-state index contributed by atoms with van der Waals surface area (Å²) in [7, 11) is 1.73. The van der Waals surface area contributed by atoms with E-state index in [4.69, 9.17) is 14.2 Å². The summed E-state index contributed by atoms with van der Waals surface area (Å²) in [5, 5.41) is 3.33. The van der Waals surface area contributed by atoms with Gasteiger partial charge in [-0.05, 0) is 31.7 Å². The molecule has 0 aromatic carbocycles. The van der Waals surface area contributed by atoms with E-state index in [0.29, 0.717) is 5.92 Å². The molecule has 4 heteroatoms. The smallest absolute Gasteiger partial charge is 0.0591 e. The standard InChI is InChI=1S/C12H25NO3/c1-14-7-2-5-13-6-10-16-11-12-3-8-15-9-4-12/h12-13H,2-11H2,1H3. The molecule has 0 aliphatic carbocycles. The average molecular weight is 231 g/mol. The lowest BCUT2D eigenvalue weighted by Gasteiger charge is -2.21. The van der Waals surface area contributed by atoms with Crippen LogP contribution in [0.5, 0.6) is 0 Å². The molecule has 16 heavy (non-hydrogen) atoms. The maximum Gasteiger partial charge on any atom is 0.0591 e. The van der Waals surface area contributed by atoms with E-state index in [-0.39, 0.29) is 0 Å². The van der Waals surface area contributed by atoms with Gasteiger partial charge in [0.25, 0.3) is 0 Å². The molecule has 1 fully saturated rings. The maximum absolute atomic E-state index is 5.63. The highest BCUT2D eigenvalue weighted by Gasteiger charge is 2.13. The van der Waals surface area contributed by atoms with Crippen molar-refractivity contribution in [2.24, 2.45) is 5.92 Å². The third kappa shape index (κ3) is 7.17. The molecule has 1 saturated heterocycles. The zero-order valence-electron chi connectivity index (χ0n) is 10.4. The van der Waals surface area contributed by atoms with E-state index in [9.17, 15) is 0 Å². The molecule has 0 aromatic rings. The molecule has 1 heterocycles. The molecule has 0 amide bonds. The van der Waals surface area contributed by atoms with Gasteiger partial charge < -0.3 is 19.5 Å². The van der Waals surface area contributed by atoms with Gasteiger partial charge in [0.2, 0.25) is 0 Å². The van der Waals surface area contributed by atoms with E-state index in [1.807, 2.05) is 0 Å². The highest BCUT2D eigenvalue weighted by atomic mass is 16.5. The SMILES string of the molecule is COCCCNCCOCC1CCOCC1. The minimum atomic E-state index is 0.710. The van der Waals surface area contributed by atoms with E-state index in [0.717, 1.165) is 65.4 Å². The molecule has 0 atom stereocenters. The van der Waals surface area contributed by atoms with Gasteiger partial charge in [0, 0.05) is 40.1 Å². The van der Waals surface area contributed by atoms with Gasteiger partial charge in [-0.25, -0.2) is 0 Å². The van der Waals surface area contributed by atoms with Gasteiger partial charge in [-0.15, -0.1) is 0 Å². The zero-order chi connectivity index (χ0) is 11.5. The number of rotatable bonds is 9. The first kappa shape index (κ1) is 13.9. The van der Waals surface area contributed by atoms with Gasteiger partial charge in [0.05, 0.1) is 6.61 Å². The minimum absolute atomic E-state index is 0.710. The quantitative estimate of drug-likeness (QED) is 0.602. The van der Waals surface area contributed by atoms with Crippen LogP contribution in [-0.2, 0) is 14.2 Å². The van der Waals surface area contributed by atoms with Crippen LogP contribution >= 0.6 is 0 Å². The maximum atomic E-state index is 5.63. The van der Waals surface area contributed by atoms with Crippen molar-refractivity contribution in [3.05, 3.63) is 0 Å². The predicted octanol–water partition coefficient (Wildman–Crippen LogP) is 1.06. The van der Waals surface area contributed by atoms with Gasteiger partial charge in [-0.2, -0.15) is 0 Å². The zero-order valence-corrected chi connectivity index (χ0v) is 10.4. The lowest BCUT2D eigenvalue weighted by Crippen LogP contribution is -2.25. The summed E-state index contributed by atoms with van der Waals surface area (Å²) in [6, 6.07) is 0. The highest BCUT2D eigenvalue weighted by Crippen LogP contribution is 2.14. The van der Waals surface area contributed by atoms with Crippen LogP contribution in [0.15, 0.2) is 0 Å². The lowest BCUT2D eigenvalue weighted by atomic mass is 10.0. The van der Waals surface area contributed by atoms with Crippen LogP contribution in [0, 0.1) is 5.92 Å². The summed E-state index contributed by atoms with van der Waals surface area (Å²) in [5.41, 5.74) is 0. The Bertz CT molecular complexity index is 149. The largest absolute Gasteiger partial charge is 0.385 e. The molecule has 0 saturated carbocycles. The highest BCUT2D eigenvalue weighted by molar-refractivity contribution is 4.62. The first-order chi connectivity index (χ1) is 7.93. The fourth-order valence-corrected chi connectivity index (χ4v) is 1.77. The molecule has 96 valence electrons. The molecule has 1 rings (SSSR count). The number of methoxy groups -OCH3 is 1. The van der Waals surface area contributed by atoms with Gasteiger partial charge in [-0.1, -0.05) is 0 Å². The van der Waals surface area contributed by atoms with Crippen molar-refractivity contribution < 1.29 is 14.2 Å². The number of hydrogen-bond donors (Lipinski definition) is 1.